The second-order valence-corrected chi connectivity index (χ2v) is 5.93. The monoisotopic (exact) mass is 266 g/mol. The Bertz CT molecular complexity index is 417. The predicted octanol–water partition coefficient (Wildman–Crippen LogP) is 2.32. The third-order valence-electron chi connectivity index (χ3n) is 3.56. The normalized spacial score (nSPS) is 23.0. The number of hydrogen-bond acceptors (Lipinski definition) is 3. The molecule has 1 saturated heterocycles. The molecule has 0 amide bonds. The lowest BCUT2D eigenvalue weighted by Gasteiger charge is -2.43. The largest absolute Gasteiger partial charge is 0.373 e. The van der Waals surface area contributed by atoms with E-state index in [9.17, 15) is 4.39 Å². The van der Waals surface area contributed by atoms with Gasteiger partial charge in [-0.25, -0.2) is 4.39 Å². The molecule has 0 saturated carbocycles. The first-order valence-corrected chi connectivity index (χ1v) is 6.78. The number of rotatable bonds is 3. The maximum atomic E-state index is 13.1. The molecule has 2 rings (SSSR count). The maximum Gasteiger partial charge on any atom is 0.123 e. The van der Waals surface area contributed by atoms with E-state index in [-0.39, 0.29) is 23.5 Å². The molecule has 106 valence electrons. The fraction of sp³-hybridized carbons (Fsp3) is 0.600. The Kier molecular flexibility index (Phi) is 4.23. The van der Waals surface area contributed by atoms with Crippen LogP contribution in [0.1, 0.15) is 32.4 Å². The van der Waals surface area contributed by atoms with Crippen LogP contribution in [-0.4, -0.2) is 36.2 Å². The molecule has 0 bridgehead atoms. The fourth-order valence-corrected chi connectivity index (χ4v) is 2.80. The van der Waals surface area contributed by atoms with E-state index in [2.05, 4.69) is 18.7 Å². The zero-order chi connectivity index (χ0) is 14.0. The molecule has 0 aromatic heterocycles. The smallest absolute Gasteiger partial charge is 0.123 e. The summed E-state index contributed by atoms with van der Waals surface area (Å²) in [5, 5.41) is 0. The fourth-order valence-electron chi connectivity index (χ4n) is 2.80. The predicted molar refractivity (Wildman–Crippen MR) is 74.4 cm³/mol. The minimum Gasteiger partial charge on any atom is -0.373 e. The highest BCUT2D eigenvalue weighted by Gasteiger charge is 2.33. The van der Waals surface area contributed by atoms with Gasteiger partial charge in [-0.15, -0.1) is 0 Å². The Labute approximate surface area is 114 Å². The summed E-state index contributed by atoms with van der Waals surface area (Å²) in [6.45, 7) is 8.56. The Morgan fingerprint density at radius 1 is 1.32 bits per heavy atom. The molecule has 2 atom stereocenters. The van der Waals surface area contributed by atoms with Crippen molar-refractivity contribution < 1.29 is 9.13 Å². The first-order valence-electron chi connectivity index (χ1n) is 6.78. The van der Waals surface area contributed by atoms with Crippen molar-refractivity contribution in [3.05, 3.63) is 35.6 Å². The highest BCUT2D eigenvalue weighted by molar-refractivity contribution is 5.21. The van der Waals surface area contributed by atoms with Crippen LogP contribution >= 0.6 is 0 Å². The Morgan fingerprint density at radius 2 is 1.95 bits per heavy atom. The number of hydrogen-bond donors (Lipinski definition) is 1. The van der Waals surface area contributed by atoms with Gasteiger partial charge in [-0.05, 0) is 38.5 Å². The number of halogens is 1. The van der Waals surface area contributed by atoms with Gasteiger partial charge in [0, 0.05) is 25.2 Å². The standard InChI is InChI=1S/C15H23FN2O/c1-11(17)14(12-4-6-13(16)7-5-12)18-8-9-19-15(2,3)10-18/h4-7,11,14H,8-10,17H2,1-3H3. The number of benzene rings is 1. The van der Waals surface area contributed by atoms with Crippen LogP contribution in [0.25, 0.3) is 0 Å². The van der Waals surface area contributed by atoms with Crippen LogP contribution in [0.2, 0.25) is 0 Å². The van der Waals surface area contributed by atoms with Crippen LogP contribution in [0, 0.1) is 5.82 Å². The van der Waals surface area contributed by atoms with Gasteiger partial charge in [-0.2, -0.15) is 0 Å². The van der Waals surface area contributed by atoms with E-state index >= 15 is 0 Å². The molecule has 1 aliphatic heterocycles. The molecule has 4 heteroatoms. The van der Waals surface area contributed by atoms with E-state index in [4.69, 9.17) is 10.5 Å². The molecular weight excluding hydrogens is 243 g/mol. The average molecular weight is 266 g/mol. The van der Waals surface area contributed by atoms with Crippen LogP contribution < -0.4 is 5.73 Å². The molecule has 3 nitrogen and oxygen atoms in total. The third kappa shape index (κ3) is 3.53. The number of nitrogens with zero attached hydrogens (tertiary/aromatic N) is 1. The highest BCUT2D eigenvalue weighted by Crippen LogP contribution is 2.28. The van der Waals surface area contributed by atoms with E-state index in [1.807, 2.05) is 19.1 Å². The van der Waals surface area contributed by atoms with Gasteiger partial charge in [0.25, 0.3) is 0 Å². The van der Waals surface area contributed by atoms with Gasteiger partial charge in [0.05, 0.1) is 12.2 Å². The van der Waals surface area contributed by atoms with Crippen molar-refractivity contribution in [1.82, 2.24) is 4.90 Å². The van der Waals surface area contributed by atoms with Crippen LogP contribution in [0.3, 0.4) is 0 Å². The van der Waals surface area contributed by atoms with E-state index in [0.717, 1.165) is 18.7 Å². The molecule has 1 aromatic carbocycles. The maximum absolute atomic E-state index is 13.1. The van der Waals surface area contributed by atoms with Gasteiger partial charge in [-0.1, -0.05) is 12.1 Å². The highest BCUT2D eigenvalue weighted by atomic mass is 19.1. The summed E-state index contributed by atoms with van der Waals surface area (Å²) in [6, 6.07) is 6.73. The van der Waals surface area contributed by atoms with Gasteiger partial charge >= 0.3 is 0 Å². The van der Waals surface area contributed by atoms with Crippen molar-refractivity contribution in [1.29, 1.82) is 0 Å². The summed E-state index contributed by atoms with van der Waals surface area (Å²) >= 11 is 0. The van der Waals surface area contributed by atoms with E-state index < -0.39 is 0 Å². The van der Waals surface area contributed by atoms with E-state index in [1.54, 1.807) is 0 Å². The molecule has 1 aromatic rings. The van der Waals surface area contributed by atoms with Gasteiger partial charge in [0.2, 0.25) is 0 Å². The van der Waals surface area contributed by atoms with Crippen LogP contribution in [0.15, 0.2) is 24.3 Å². The summed E-state index contributed by atoms with van der Waals surface area (Å²) < 4.78 is 18.8. The molecule has 1 fully saturated rings. The van der Waals surface area contributed by atoms with Gasteiger partial charge < -0.3 is 10.5 Å². The summed E-state index contributed by atoms with van der Waals surface area (Å²) in [5.74, 6) is -0.213. The average Bonchev–Trinajstić information content (AvgIpc) is 2.30. The van der Waals surface area contributed by atoms with Crippen LogP contribution in [-0.2, 0) is 4.74 Å². The third-order valence-corrected chi connectivity index (χ3v) is 3.56. The summed E-state index contributed by atoms with van der Waals surface area (Å²) in [7, 11) is 0. The van der Waals surface area contributed by atoms with Gasteiger partial charge in [0.1, 0.15) is 5.82 Å². The van der Waals surface area contributed by atoms with Gasteiger partial charge in [0.15, 0.2) is 0 Å². The van der Waals surface area contributed by atoms with Crippen molar-refractivity contribution in [3.63, 3.8) is 0 Å². The molecule has 2 N–H and O–H groups in total. The van der Waals surface area contributed by atoms with Crippen molar-refractivity contribution >= 4 is 0 Å². The Balaban J connectivity index is 2.22. The van der Waals surface area contributed by atoms with Crippen molar-refractivity contribution in [3.8, 4) is 0 Å². The first-order chi connectivity index (χ1) is 8.89. The van der Waals surface area contributed by atoms with E-state index in [0.29, 0.717) is 6.61 Å². The SMILES string of the molecule is CC(N)C(c1ccc(F)cc1)N1CCOC(C)(C)C1. The van der Waals surface area contributed by atoms with Crippen LogP contribution in [0.5, 0.6) is 0 Å². The van der Waals surface area contributed by atoms with Crippen molar-refractivity contribution in [2.75, 3.05) is 19.7 Å². The molecule has 0 aliphatic carbocycles. The molecule has 19 heavy (non-hydrogen) atoms. The Hall–Kier alpha value is -0.970. The second-order valence-electron chi connectivity index (χ2n) is 5.93. The second kappa shape index (κ2) is 5.57. The summed E-state index contributed by atoms with van der Waals surface area (Å²) in [6.07, 6.45) is 0. The lowest BCUT2D eigenvalue weighted by atomic mass is 9.96. The zero-order valence-corrected chi connectivity index (χ0v) is 11.9. The minimum absolute atomic E-state index is 0.0145. The lowest BCUT2D eigenvalue weighted by molar-refractivity contribution is -0.0995. The molecule has 0 spiro atoms. The van der Waals surface area contributed by atoms with Gasteiger partial charge in [-0.3, -0.25) is 4.90 Å². The van der Waals surface area contributed by atoms with Crippen LogP contribution in [0.4, 0.5) is 4.39 Å². The molecule has 0 radical (unpaired) electrons. The number of morpholine rings is 1. The summed E-state index contributed by atoms with van der Waals surface area (Å²) in [4.78, 5) is 2.33. The molecule has 1 heterocycles. The zero-order valence-electron chi connectivity index (χ0n) is 11.9. The Morgan fingerprint density at radius 3 is 2.47 bits per heavy atom. The first kappa shape index (κ1) is 14.4. The van der Waals surface area contributed by atoms with Crippen molar-refractivity contribution in [2.45, 2.75) is 38.5 Å². The molecule has 1 aliphatic rings. The minimum atomic E-state index is -0.213. The van der Waals surface area contributed by atoms with E-state index in [1.165, 1.54) is 12.1 Å². The summed E-state index contributed by atoms with van der Waals surface area (Å²) in [5.41, 5.74) is 7.05. The topological polar surface area (TPSA) is 38.5 Å². The molecule has 2 unspecified atom stereocenters. The quantitative estimate of drug-likeness (QED) is 0.912. The number of nitrogens with two attached hydrogens (primary N) is 1. The lowest BCUT2D eigenvalue weighted by Crippen LogP contribution is -2.52. The van der Waals surface area contributed by atoms with Crippen molar-refractivity contribution in [2.24, 2.45) is 5.73 Å². The molecular formula is C15H23FN2O. The number of ether oxygens (including phenoxy) is 1.